The molecule has 0 aliphatic heterocycles. The molecule has 1 saturated carbocycles. The summed E-state index contributed by atoms with van der Waals surface area (Å²) in [6, 6.07) is 9.81. The molecule has 20 heavy (non-hydrogen) atoms. The molecule has 1 aliphatic carbocycles. The van der Waals surface area contributed by atoms with Crippen molar-refractivity contribution in [3.8, 4) is 0 Å². The molecule has 1 aromatic carbocycles. The Morgan fingerprint density at radius 3 is 2.40 bits per heavy atom. The largest absolute Gasteiger partial charge is 0.212 e. The lowest BCUT2D eigenvalue weighted by atomic mass is 9.96. The summed E-state index contributed by atoms with van der Waals surface area (Å²) >= 11 is 6.04. The Morgan fingerprint density at radius 1 is 1.20 bits per heavy atom. The third kappa shape index (κ3) is 4.76. The van der Waals surface area contributed by atoms with Gasteiger partial charge in [-0.2, -0.15) is 0 Å². The first-order valence-electron chi connectivity index (χ1n) is 7.15. The highest BCUT2D eigenvalue weighted by Gasteiger charge is 2.25. The number of hydrogen-bond donors (Lipinski definition) is 1. The molecular weight excluding hydrogens is 294 g/mol. The van der Waals surface area contributed by atoms with E-state index in [2.05, 4.69) is 4.72 Å². The highest BCUT2D eigenvalue weighted by Crippen LogP contribution is 2.24. The van der Waals surface area contributed by atoms with E-state index in [0.717, 1.165) is 31.2 Å². The topological polar surface area (TPSA) is 46.2 Å². The fraction of sp³-hybridized carbons (Fsp3) is 0.600. The quantitative estimate of drug-likeness (QED) is 0.848. The van der Waals surface area contributed by atoms with Gasteiger partial charge in [0.1, 0.15) is 0 Å². The van der Waals surface area contributed by atoms with Gasteiger partial charge in [-0.15, -0.1) is 11.6 Å². The van der Waals surface area contributed by atoms with Crippen molar-refractivity contribution in [3.63, 3.8) is 0 Å². The van der Waals surface area contributed by atoms with Gasteiger partial charge in [-0.05, 0) is 37.2 Å². The van der Waals surface area contributed by atoms with Crippen molar-refractivity contribution in [2.75, 3.05) is 5.75 Å². The zero-order valence-electron chi connectivity index (χ0n) is 11.8. The number of halogens is 1. The smallest absolute Gasteiger partial charge is 0.212 e. The minimum Gasteiger partial charge on any atom is -0.212 e. The van der Waals surface area contributed by atoms with Gasteiger partial charge in [-0.3, -0.25) is 0 Å². The number of sulfonamides is 1. The molecular formula is C15H22ClNO2S. The minimum absolute atomic E-state index is 0.00179. The molecule has 0 saturated heterocycles. The first kappa shape index (κ1) is 15.8. The molecule has 112 valence electrons. The molecule has 0 aromatic heterocycles. The van der Waals surface area contributed by atoms with E-state index in [1.807, 2.05) is 37.3 Å². The number of hydrogen-bond acceptors (Lipinski definition) is 2. The van der Waals surface area contributed by atoms with Crippen molar-refractivity contribution in [1.82, 2.24) is 4.72 Å². The molecule has 1 aliphatic rings. The van der Waals surface area contributed by atoms with E-state index in [1.165, 1.54) is 0 Å². The fourth-order valence-corrected chi connectivity index (χ4v) is 4.62. The molecule has 0 spiro atoms. The second-order valence-electron chi connectivity index (χ2n) is 5.66. The summed E-state index contributed by atoms with van der Waals surface area (Å²) in [5, 5.41) is 0.207. The van der Waals surface area contributed by atoms with Crippen molar-refractivity contribution in [2.24, 2.45) is 0 Å². The van der Waals surface area contributed by atoms with Crippen LogP contribution in [0.1, 0.15) is 44.1 Å². The van der Waals surface area contributed by atoms with Crippen LogP contribution in [0.2, 0.25) is 0 Å². The van der Waals surface area contributed by atoms with Crippen molar-refractivity contribution in [1.29, 1.82) is 0 Å². The zero-order valence-corrected chi connectivity index (χ0v) is 13.3. The normalized spacial score (nSPS) is 25.3. The van der Waals surface area contributed by atoms with Gasteiger partial charge in [-0.1, -0.05) is 37.3 Å². The molecule has 1 N–H and O–H groups in total. The molecule has 0 amide bonds. The summed E-state index contributed by atoms with van der Waals surface area (Å²) in [5.41, 5.74) is 1.06. The summed E-state index contributed by atoms with van der Waals surface area (Å²) in [6.45, 7) is 1.95. The molecule has 0 bridgehead atoms. The SMILES string of the molecule is CC(CS(=O)(=O)NC1CCC(Cl)CC1)c1ccccc1. The highest BCUT2D eigenvalue weighted by atomic mass is 35.5. The lowest BCUT2D eigenvalue weighted by molar-refractivity contribution is 0.416. The van der Waals surface area contributed by atoms with Crippen LogP contribution in [0, 0.1) is 0 Å². The molecule has 3 nitrogen and oxygen atoms in total. The molecule has 1 unspecified atom stereocenters. The lowest BCUT2D eigenvalue weighted by Gasteiger charge is -2.26. The van der Waals surface area contributed by atoms with Crippen molar-refractivity contribution < 1.29 is 8.42 Å². The summed E-state index contributed by atoms with van der Waals surface area (Å²) in [5.74, 6) is 0.135. The van der Waals surface area contributed by atoms with Crippen LogP contribution >= 0.6 is 11.6 Å². The molecule has 0 heterocycles. The van der Waals surface area contributed by atoms with Crippen LogP contribution in [-0.4, -0.2) is 25.6 Å². The van der Waals surface area contributed by atoms with Gasteiger partial charge in [0.15, 0.2) is 0 Å². The van der Waals surface area contributed by atoms with Crippen LogP contribution in [0.25, 0.3) is 0 Å². The van der Waals surface area contributed by atoms with Gasteiger partial charge in [0.05, 0.1) is 5.75 Å². The Kier molecular flexibility index (Phi) is 5.47. The second-order valence-corrected chi connectivity index (χ2v) is 8.08. The van der Waals surface area contributed by atoms with Crippen LogP contribution in [0.15, 0.2) is 30.3 Å². The average molecular weight is 316 g/mol. The van der Waals surface area contributed by atoms with Gasteiger partial charge in [-0.25, -0.2) is 13.1 Å². The monoisotopic (exact) mass is 315 g/mol. The molecule has 1 aromatic rings. The molecule has 5 heteroatoms. The van der Waals surface area contributed by atoms with Crippen LogP contribution in [0.3, 0.4) is 0 Å². The average Bonchev–Trinajstić information content (AvgIpc) is 2.41. The second kappa shape index (κ2) is 6.92. The van der Waals surface area contributed by atoms with Gasteiger partial charge in [0.25, 0.3) is 0 Å². The Hall–Kier alpha value is -0.580. The van der Waals surface area contributed by atoms with E-state index >= 15 is 0 Å². The van der Waals surface area contributed by atoms with E-state index in [1.54, 1.807) is 0 Å². The third-order valence-electron chi connectivity index (χ3n) is 3.84. The predicted octanol–water partition coefficient (Wildman–Crippen LogP) is 3.26. The Bertz CT molecular complexity index is 510. The van der Waals surface area contributed by atoms with E-state index in [0.29, 0.717) is 0 Å². The molecule has 2 rings (SSSR count). The molecule has 0 radical (unpaired) electrons. The summed E-state index contributed by atoms with van der Waals surface area (Å²) in [6.07, 6.45) is 3.46. The van der Waals surface area contributed by atoms with E-state index in [9.17, 15) is 8.42 Å². The fourth-order valence-electron chi connectivity index (χ4n) is 2.68. The van der Waals surface area contributed by atoms with Crippen LogP contribution in [-0.2, 0) is 10.0 Å². The van der Waals surface area contributed by atoms with Gasteiger partial charge in [0.2, 0.25) is 10.0 Å². The maximum Gasteiger partial charge on any atom is 0.212 e. The van der Waals surface area contributed by atoms with Crippen LogP contribution in [0.5, 0.6) is 0 Å². The van der Waals surface area contributed by atoms with Gasteiger partial charge in [0, 0.05) is 11.4 Å². The number of rotatable bonds is 5. The van der Waals surface area contributed by atoms with Crippen molar-refractivity contribution in [2.45, 2.75) is 49.9 Å². The Morgan fingerprint density at radius 2 is 1.80 bits per heavy atom. The maximum absolute atomic E-state index is 12.2. The van der Waals surface area contributed by atoms with E-state index in [-0.39, 0.29) is 23.1 Å². The van der Waals surface area contributed by atoms with Crippen molar-refractivity contribution >= 4 is 21.6 Å². The third-order valence-corrected chi connectivity index (χ3v) is 5.91. The number of benzene rings is 1. The van der Waals surface area contributed by atoms with Crippen LogP contribution in [0.4, 0.5) is 0 Å². The first-order chi connectivity index (χ1) is 9.46. The molecule has 1 atom stereocenters. The first-order valence-corrected chi connectivity index (χ1v) is 9.24. The standard InChI is InChI=1S/C15H22ClNO2S/c1-12(13-5-3-2-4-6-13)11-20(18,19)17-15-9-7-14(16)8-10-15/h2-6,12,14-15,17H,7-11H2,1H3. The maximum atomic E-state index is 12.2. The minimum atomic E-state index is -3.24. The summed E-state index contributed by atoms with van der Waals surface area (Å²) in [7, 11) is -3.24. The zero-order chi connectivity index (χ0) is 14.6. The molecule has 1 fully saturated rings. The van der Waals surface area contributed by atoms with Crippen molar-refractivity contribution in [3.05, 3.63) is 35.9 Å². The summed E-state index contributed by atoms with van der Waals surface area (Å²) in [4.78, 5) is 0. The Labute approximate surface area is 126 Å². The predicted molar refractivity (Wildman–Crippen MR) is 83.7 cm³/mol. The Balaban J connectivity index is 1.91. The van der Waals surface area contributed by atoms with E-state index in [4.69, 9.17) is 11.6 Å². The lowest BCUT2D eigenvalue weighted by Crippen LogP contribution is -2.39. The van der Waals surface area contributed by atoms with Gasteiger partial charge >= 0.3 is 0 Å². The van der Waals surface area contributed by atoms with Crippen LogP contribution < -0.4 is 4.72 Å². The van der Waals surface area contributed by atoms with Gasteiger partial charge < -0.3 is 0 Å². The van der Waals surface area contributed by atoms with E-state index < -0.39 is 10.0 Å². The number of alkyl halides is 1. The summed E-state index contributed by atoms with van der Waals surface area (Å²) < 4.78 is 27.3. The number of nitrogens with one attached hydrogen (secondary N) is 1. The highest BCUT2D eigenvalue weighted by molar-refractivity contribution is 7.89.